The number of pyridine rings is 1. The van der Waals surface area contributed by atoms with Gasteiger partial charge in [-0.25, -0.2) is 14.8 Å². The Labute approximate surface area is 98.8 Å². The molecule has 0 spiro atoms. The Morgan fingerprint density at radius 1 is 1.41 bits per heavy atom. The number of hydrogen-bond donors (Lipinski definition) is 1. The van der Waals surface area contributed by atoms with Gasteiger partial charge >= 0.3 is 5.97 Å². The van der Waals surface area contributed by atoms with Crippen LogP contribution in [0.1, 0.15) is 29.7 Å². The molecule has 0 aliphatic rings. The van der Waals surface area contributed by atoms with Gasteiger partial charge in [0.05, 0.1) is 11.9 Å². The Kier molecular flexibility index (Phi) is 3.18. The lowest BCUT2D eigenvalue weighted by Gasteiger charge is -2.06. The molecule has 0 atom stereocenters. The Bertz CT molecular complexity index is 517. The molecule has 0 fully saturated rings. The molecule has 0 saturated heterocycles. The van der Waals surface area contributed by atoms with Gasteiger partial charge in [-0.15, -0.1) is 0 Å². The van der Waals surface area contributed by atoms with Crippen LogP contribution in [-0.4, -0.2) is 25.6 Å². The first-order valence-corrected chi connectivity index (χ1v) is 5.44. The third-order valence-corrected chi connectivity index (χ3v) is 2.44. The average Bonchev–Trinajstić information content (AvgIpc) is 2.78. The average molecular weight is 231 g/mol. The van der Waals surface area contributed by atoms with Crippen molar-refractivity contribution >= 4 is 5.97 Å². The number of hydrogen-bond acceptors (Lipinski definition) is 3. The fourth-order valence-corrected chi connectivity index (χ4v) is 1.63. The Morgan fingerprint density at radius 3 is 2.82 bits per heavy atom. The van der Waals surface area contributed by atoms with Crippen LogP contribution in [0.4, 0.5) is 0 Å². The molecule has 5 nitrogen and oxygen atoms in total. The van der Waals surface area contributed by atoms with Gasteiger partial charge in [-0.1, -0.05) is 6.92 Å². The lowest BCUT2D eigenvalue weighted by molar-refractivity contribution is 0.0690. The first-order valence-electron chi connectivity index (χ1n) is 5.44. The largest absolute Gasteiger partial charge is 0.477 e. The van der Waals surface area contributed by atoms with Crippen molar-refractivity contribution in [3.05, 3.63) is 42.2 Å². The van der Waals surface area contributed by atoms with Gasteiger partial charge in [0, 0.05) is 18.8 Å². The second-order valence-electron chi connectivity index (χ2n) is 3.67. The molecule has 0 amide bonds. The van der Waals surface area contributed by atoms with Crippen molar-refractivity contribution in [3.8, 4) is 5.69 Å². The van der Waals surface area contributed by atoms with Gasteiger partial charge in [-0.3, -0.25) is 0 Å². The van der Waals surface area contributed by atoms with Crippen LogP contribution >= 0.6 is 0 Å². The Balaban J connectivity index is 2.33. The van der Waals surface area contributed by atoms with Crippen LogP contribution in [-0.2, 0) is 6.42 Å². The SMILES string of the molecule is CCCc1nccn1-c1ccc(C(=O)O)nc1. The topological polar surface area (TPSA) is 68.0 Å². The van der Waals surface area contributed by atoms with Crippen LogP contribution < -0.4 is 0 Å². The zero-order valence-electron chi connectivity index (χ0n) is 9.50. The summed E-state index contributed by atoms with van der Waals surface area (Å²) in [6, 6.07) is 3.23. The maximum absolute atomic E-state index is 10.7. The van der Waals surface area contributed by atoms with Crippen molar-refractivity contribution in [1.29, 1.82) is 0 Å². The second kappa shape index (κ2) is 4.78. The van der Waals surface area contributed by atoms with Gasteiger partial charge in [0.2, 0.25) is 0 Å². The molecule has 0 radical (unpaired) electrons. The van der Waals surface area contributed by atoms with E-state index in [2.05, 4.69) is 16.9 Å². The van der Waals surface area contributed by atoms with E-state index in [1.807, 2.05) is 10.8 Å². The van der Waals surface area contributed by atoms with Crippen LogP contribution in [0.25, 0.3) is 5.69 Å². The van der Waals surface area contributed by atoms with Gasteiger partial charge in [0.15, 0.2) is 0 Å². The fraction of sp³-hybridized carbons (Fsp3) is 0.250. The molecule has 88 valence electrons. The summed E-state index contributed by atoms with van der Waals surface area (Å²) in [7, 11) is 0. The van der Waals surface area contributed by atoms with E-state index in [0.29, 0.717) is 0 Å². The van der Waals surface area contributed by atoms with E-state index in [-0.39, 0.29) is 5.69 Å². The number of aromatic carboxylic acids is 1. The Morgan fingerprint density at radius 2 is 2.24 bits per heavy atom. The predicted molar refractivity (Wildman–Crippen MR) is 62.3 cm³/mol. The summed E-state index contributed by atoms with van der Waals surface area (Å²) in [5.41, 5.74) is 0.877. The van der Waals surface area contributed by atoms with E-state index in [0.717, 1.165) is 24.4 Å². The zero-order valence-corrected chi connectivity index (χ0v) is 9.50. The number of nitrogens with zero attached hydrogens (tertiary/aromatic N) is 3. The molecule has 2 aromatic heterocycles. The number of aromatic nitrogens is 3. The molecular weight excluding hydrogens is 218 g/mol. The van der Waals surface area contributed by atoms with E-state index in [1.165, 1.54) is 6.07 Å². The minimum atomic E-state index is -1.02. The summed E-state index contributed by atoms with van der Waals surface area (Å²) in [6.07, 6.45) is 7.02. The highest BCUT2D eigenvalue weighted by molar-refractivity contribution is 5.85. The van der Waals surface area contributed by atoms with Gasteiger partial charge in [-0.2, -0.15) is 0 Å². The highest BCUT2D eigenvalue weighted by atomic mass is 16.4. The fourth-order valence-electron chi connectivity index (χ4n) is 1.63. The normalized spacial score (nSPS) is 10.4. The van der Waals surface area contributed by atoms with Crippen LogP contribution in [0.2, 0.25) is 0 Å². The molecule has 0 aromatic carbocycles. The molecule has 2 aromatic rings. The molecule has 0 unspecified atom stereocenters. The van der Waals surface area contributed by atoms with E-state index in [4.69, 9.17) is 5.11 Å². The molecule has 0 saturated carbocycles. The molecule has 2 rings (SSSR count). The van der Waals surface area contributed by atoms with Crippen LogP contribution in [0.5, 0.6) is 0 Å². The van der Waals surface area contributed by atoms with Gasteiger partial charge in [0.1, 0.15) is 11.5 Å². The molecule has 1 N–H and O–H groups in total. The van der Waals surface area contributed by atoms with E-state index < -0.39 is 5.97 Å². The monoisotopic (exact) mass is 231 g/mol. The molecule has 5 heteroatoms. The molecule has 17 heavy (non-hydrogen) atoms. The highest BCUT2D eigenvalue weighted by Crippen LogP contribution is 2.11. The standard InChI is InChI=1S/C12H13N3O2/c1-2-3-11-13-6-7-15(11)9-4-5-10(12(16)17)14-8-9/h4-8H,2-3H2,1H3,(H,16,17). The smallest absolute Gasteiger partial charge is 0.354 e. The maximum atomic E-state index is 10.7. The summed E-state index contributed by atoms with van der Waals surface area (Å²) in [6.45, 7) is 2.09. The molecule has 0 aliphatic heterocycles. The third kappa shape index (κ3) is 2.33. The third-order valence-electron chi connectivity index (χ3n) is 2.44. The first-order chi connectivity index (χ1) is 8.22. The van der Waals surface area contributed by atoms with Crippen molar-refractivity contribution in [1.82, 2.24) is 14.5 Å². The van der Waals surface area contributed by atoms with Crippen LogP contribution in [0, 0.1) is 0 Å². The quantitative estimate of drug-likeness (QED) is 0.872. The number of rotatable bonds is 4. The number of carboxylic acid groups (broad SMARTS) is 1. The van der Waals surface area contributed by atoms with E-state index >= 15 is 0 Å². The summed E-state index contributed by atoms with van der Waals surface area (Å²) in [5.74, 6) is -0.0617. The van der Waals surface area contributed by atoms with E-state index in [1.54, 1.807) is 18.5 Å². The number of carboxylic acids is 1. The lowest BCUT2D eigenvalue weighted by atomic mass is 10.3. The summed E-state index contributed by atoms with van der Waals surface area (Å²) >= 11 is 0. The molecule has 0 aliphatic carbocycles. The molecule has 2 heterocycles. The van der Waals surface area contributed by atoms with Crippen molar-refractivity contribution in [2.24, 2.45) is 0 Å². The minimum Gasteiger partial charge on any atom is -0.477 e. The van der Waals surface area contributed by atoms with Crippen molar-refractivity contribution in [2.45, 2.75) is 19.8 Å². The minimum absolute atomic E-state index is 0.0471. The second-order valence-corrected chi connectivity index (χ2v) is 3.67. The van der Waals surface area contributed by atoms with Gasteiger partial charge in [-0.05, 0) is 18.6 Å². The summed E-state index contributed by atoms with van der Waals surface area (Å²) in [5, 5.41) is 8.76. The zero-order chi connectivity index (χ0) is 12.3. The lowest BCUT2D eigenvalue weighted by Crippen LogP contribution is -2.04. The highest BCUT2D eigenvalue weighted by Gasteiger charge is 2.07. The number of imidazole rings is 1. The van der Waals surface area contributed by atoms with E-state index in [9.17, 15) is 4.79 Å². The van der Waals surface area contributed by atoms with Crippen LogP contribution in [0.15, 0.2) is 30.7 Å². The number of aryl methyl sites for hydroxylation is 1. The van der Waals surface area contributed by atoms with Crippen molar-refractivity contribution < 1.29 is 9.90 Å². The van der Waals surface area contributed by atoms with Crippen molar-refractivity contribution in [3.63, 3.8) is 0 Å². The predicted octanol–water partition coefficient (Wildman–Crippen LogP) is 1.92. The van der Waals surface area contributed by atoms with Gasteiger partial charge < -0.3 is 9.67 Å². The van der Waals surface area contributed by atoms with Gasteiger partial charge in [0.25, 0.3) is 0 Å². The van der Waals surface area contributed by atoms with Crippen LogP contribution in [0.3, 0.4) is 0 Å². The molecule has 0 bridgehead atoms. The van der Waals surface area contributed by atoms with Crippen molar-refractivity contribution in [2.75, 3.05) is 0 Å². The maximum Gasteiger partial charge on any atom is 0.354 e. The number of carbonyl (C=O) groups is 1. The first kappa shape index (κ1) is 11.3. The molecular formula is C12H13N3O2. The Hall–Kier alpha value is -2.17. The summed E-state index contributed by atoms with van der Waals surface area (Å²) in [4.78, 5) is 18.8. The summed E-state index contributed by atoms with van der Waals surface area (Å²) < 4.78 is 1.92.